The largest absolute Gasteiger partial charge is 0.494 e. The first kappa shape index (κ1) is 20.0. The highest BCUT2D eigenvalue weighted by Crippen LogP contribution is 2.38. The minimum Gasteiger partial charge on any atom is -0.494 e. The number of hydrogen-bond acceptors (Lipinski definition) is 6. The molecule has 3 aromatic rings. The van der Waals surface area contributed by atoms with Crippen LogP contribution in [-0.2, 0) is 0 Å². The third kappa shape index (κ3) is 3.67. The van der Waals surface area contributed by atoms with E-state index in [2.05, 4.69) is 10.00 Å². The summed E-state index contributed by atoms with van der Waals surface area (Å²) in [5.41, 5.74) is 2.30. The van der Waals surface area contributed by atoms with Crippen LogP contribution >= 0.6 is 22.9 Å². The van der Waals surface area contributed by atoms with Crippen molar-refractivity contribution in [1.29, 1.82) is 0 Å². The van der Waals surface area contributed by atoms with Crippen LogP contribution in [0, 0.1) is 6.92 Å². The molecule has 29 heavy (non-hydrogen) atoms. The third-order valence-electron chi connectivity index (χ3n) is 5.07. The van der Waals surface area contributed by atoms with Crippen LogP contribution in [0.15, 0.2) is 18.2 Å². The first-order chi connectivity index (χ1) is 13.9. The van der Waals surface area contributed by atoms with E-state index in [1.54, 1.807) is 18.4 Å². The molecule has 9 heteroatoms. The topological polar surface area (TPSA) is 63.5 Å². The van der Waals surface area contributed by atoms with Crippen LogP contribution in [0.2, 0.25) is 5.02 Å². The fourth-order valence-corrected chi connectivity index (χ4v) is 4.88. The molecule has 0 N–H and O–H groups in total. The molecule has 0 spiro atoms. The molecule has 4 rings (SSSR count). The number of hydrogen-bond donors (Lipinski definition) is 0. The van der Waals surface area contributed by atoms with Gasteiger partial charge in [-0.3, -0.25) is 9.48 Å². The van der Waals surface area contributed by atoms with Crippen molar-refractivity contribution in [1.82, 2.24) is 19.7 Å². The quantitative estimate of drug-likeness (QED) is 0.622. The van der Waals surface area contributed by atoms with Crippen molar-refractivity contribution in [2.45, 2.75) is 26.8 Å². The van der Waals surface area contributed by atoms with Gasteiger partial charge in [-0.05, 0) is 39.0 Å². The standard InChI is InChI=1S/C20H24ClN5O2S/c1-12(2)26-15(11-13(3)23-26)19(27)24-7-9-25(10-8-24)20-22-17-16(28-4)6-5-14(21)18(17)29-20/h5-6,11-12H,7-10H2,1-4H3. The number of rotatable bonds is 4. The molecular weight excluding hydrogens is 410 g/mol. The number of ether oxygens (including phenoxy) is 1. The molecule has 1 fully saturated rings. The summed E-state index contributed by atoms with van der Waals surface area (Å²) < 4.78 is 8.16. The second kappa shape index (κ2) is 7.84. The Bertz CT molecular complexity index is 1050. The van der Waals surface area contributed by atoms with Crippen molar-refractivity contribution >= 4 is 44.2 Å². The van der Waals surface area contributed by atoms with E-state index in [9.17, 15) is 4.79 Å². The fraction of sp³-hybridized carbons (Fsp3) is 0.450. The van der Waals surface area contributed by atoms with E-state index in [-0.39, 0.29) is 11.9 Å². The molecule has 154 valence electrons. The van der Waals surface area contributed by atoms with Crippen molar-refractivity contribution in [2.24, 2.45) is 0 Å². The van der Waals surface area contributed by atoms with Gasteiger partial charge in [0.15, 0.2) is 5.13 Å². The van der Waals surface area contributed by atoms with E-state index >= 15 is 0 Å². The normalized spacial score (nSPS) is 14.8. The van der Waals surface area contributed by atoms with Crippen molar-refractivity contribution in [3.8, 4) is 5.75 Å². The molecule has 0 radical (unpaired) electrons. The maximum atomic E-state index is 13.1. The Morgan fingerprint density at radius 1 is 1.24 bits per heavy atom. The summed E-state index contributed by atoms with van der Waals surface area (Å²) in [6.45, 7) is 8.71. The first-order valence-electron chi connectivity index (χ1n) is 9.62. The smallest absolute Gasteiger partial charge is 0.272 e. The monoisotopic (exact) mass is 433 g/mol. The zero-order valence-electron chi connectivity index (χ0n) is 17.0. The molecule has 0 unspecified atom stereocenters. The van der Waals surface area contributed by atoms with E-state index in [1.165, 1.54) is 0 Å². The Morgan fingerprint density at radius 2 is 1.97 bits per heavy atom. The second-order valence-electron chi connectivity index (χ2n) is 7.41. The Hall–Kier alpha value is -2.32. The van der Waals surface area contributed by atoms with Crippen molar-refractivity contribution in [3.05, 3.63) is 34.6 Å². The fourth-order valence-electron chi connectivity index (χ4n) is 3.57. The van der Waals surface area contributed by atoms with E-state index in [0.717, 1.165) is 39.9 Å². The predicted molar refractivity (Wildman–Crippen MR) is 117 cm³/mol. The number of amides is 1. The van der Waals surface area contributed by atoms with Crippen molar-refractivity contribution in [3.63, 3.8) is 0 Å². The summed E-state index contributed by atoms with van der Waals surface area (Å²) in [7, 11) is 1.63. The Labute approximate surface area is 178 Å². The van der Waals surface area contributed by atoms with Crippen molar-refractivity contribution in [2.75, 3.05) is 38.2 Å². The van der Waals surface area contributed by atoms with Gasteiger partial charge in [0.25, 0.3) is 5.91 Å². The minimum absolute atomic E-state index is 0.0352. The number of fused-ring (bicyclic) bond motifs is 1. The predicted octanol–water partition coefficient (Wildman–Crippen LogP) is 4.01. The van der Waals surface area contributed by atoms with Gasteiger partial charge < -0.3 is 14.5 Å². The molecule has 1 aromatic carbocycles. The molecule has 3 heterocycles. The van der Waals surface area contributed by atoms with Crippen LogP contribution in [0.4, 0.5) is 5.13 Å². The average molecular weight is 434 g/mol. The minimum atomic E-state index is 0.0352. The molecule has 1 aliphatic rings. The van der Waals surface area contributed by atoms with Gasteiger partial charge in [0.1, 0.15) is 17.0 Å². The van der Waals surface area contributed by atoms with Gasteiger partial charge in [-0.2, -0.15) is 5.10 Å². The number of benzene rings is 1. The van der Waals surface area contributed by atoms with E-state index in [0.29, 0.717) is 23.8 Å². The van der Waals surface area contributed by atoms with Gasteiger partial charge in [-0.15, -0.1) is 0 Å². The molecule has 2 aromatic heterocycles. The zero-order valence-corrected chi connectivity index (χ0v) is 18.5. The van der Waals surface area contributed by atoms with E-state index in [4.69, 9.17) is 21.3 Å². The molecule has 0 atom stereocenters. The third-order valence-corrected chi connectivity index (χ3v) is 6.65. The number of aromatic nitrogens is 3. The number of carbonyl (C=O) groups excluding carboxylic acids is 1. The summed E-state index contributed by atoms with van der Waals surface area (Å²) in [6.07, 6.45) is 0. The lowest BCUT2D eigenvalue weighted by atomic mass is 10.2. The SMILES string of the molecule is COc1ccc(Cl)c2sc(N3CCN(C(=O)c4cc(C)nn4C(C)C)CC3)nc12. The average Bonchev–Trinajstić information content (AvgIpc) is 3.33. The second-order valence-corrected chi connectivity index (χ2v) is 8.80. The lowest BCUT2D eigenvalue weighted by Crippen LogP contribution is -2.49. The molecule has 1 saturated heterocycles. The first-order valence-corrected chi connectivity index (χ1v) is 10.8. The van der Waals surface area contributed by atoms with Gasteiger partial charge in [-0.25, -0.2) is 4.98 Å². The van der Waals surface area contributed by atoms with Gasteiger partial charge in [0.05, 0.1) is 22.5 Å². The number of methoxy groups -OCH3 is 1. The van der Waals surface area contributed by atoms with E-state index in [1.807, 2.05) is 48.6 Å². The van der Waals surface area contributed by atoms with Crippen LogP contribution in [0.3, 0.4) is 0 Å². The zero-order chi connectivity index (χ0) is 20.7. The van der Waals surface area contributed by atoms with Gasteiger partial charge in [0, 0.05) is 32.2 Å². The highest BCUT2D eigenvalue weighted by molar-refractivity contribution is 7.22. The Kier molecular flexibility index (Phi) is 5.40. The number of carbonyl (C=O) groups is 1. The number of nitrogens with zero attached hydrogens (tertiary/aromatic N) is 5. The van der Waals surface area contributed by atoms with Crippen LogP contribution in [-0.4, -0.2) is 58.9 Å². The maximum absolute atomic E-state index is 13.1. The highest BCUT2D eigenvalue weighted by atomic mass is 35.5. The molecule has 0 saturated carbocycles. The van der Waals surface area contributed by atoms with Gasteiger partial charge in [-0.1, -0.05) is 22.9 Å². The van der Waals surface area contributed by atoms with Gasteiger partial charge >= 0.3 is 0 Å². The molecular formula is C20H24ClN5O2S. The maximum Gasteiger partial charge on any atom is 0.272 e. The van der Waals surface area contributed by atoms with Crippen LogP contribution in [0.25, 0.3) is 10.2 Å². The lowest BCUT2D eigenvalue weighted by molar-refractivity contribution is 0.0732. The van der Waals surface area contributed by atoms with Crippen molar-refractivity contribution < 1.29 is 9.53 Å². The van der Waals surface area contributed by atoms with Gasteiger partial charge in [0.2, 0.25) is 0 Å². The summed E-state index contributed by atoms with van der Waals surface area (Å²) >= 11 is 7.91. The molecule has 1 amide bonds. The lowest BCUT2D eigenvalue weighted by Gasteiger charge is -2.34. The van der Waals surface area contributed by atoms with E-state index < -0.39 is 0 Å². The summed E-state index contributed by atoms with van der Waals surface area (Å²) in [5, 5.41) is 6.04. The highest BCUT2D eigenvalue weighted by Gasteiger charge is 2.27. The van der Waals surface area contributed by atoms with Crippen LogP contribution < -0.4 is 9.64 Å². The number of aryl methyl sites for hydroxylation is 1. The summed E-state index contributed by atoms with van der Waals surface area (Å²) in [5.74, 6) is 0.756. The Balaban J connectivity index is 1.51. The number of halogens is 1. The van der Waals surface area contributed by atoms with Crippen LogP contribution in [0.1, 0.15) is 36.1 Å². The summed E-state index contributed by atoms with van der Waals surface area (Å²) in [4.78, 5) is 21.9. The number of anilines is 1. The molecule has 0 bridgehead atoms. The Morgan fingerprint density at radius 3 is 2.62 bits per heavy atom. The number of piperazine rings is 1. The molecule has 1 aliphatic heterocycles. The number of thiazole rings is 1. The molecule has 0 aliphatic carbocycles. The molecule has 7 nitrogen and oxygen atoms in total. The summed E-state index contributed by atoms with van der Waals surface area (Å²) in [6, 6.07) is 5.69. The van der Waals surface area contributed by atoms with Crippen LogP contribution in [0.5, 0.6) is 5.75 Å².